The van der Waals surface area contributed by atoms with Gasteiger partial charge in [-0.1, -0.05) is 11.6 Å². The lowest BCUT2D eigenvalue weighted by atomic mass is 10.3. The molecule has 0 aliphatic heterocycles. The smallest absolute Gasteiger partial charge is 0.154 e. The van der Waals surface area contributed by atoms with E-state index in [0.717, 1.165) is 0 Å². The van der Waals surface area contributed by atoms with Crippen LogP contribution in [0, 0.1) is 5.82 Å². The van der Waals surface area contributed by atoms with E-state index < -0.39 is 20.9 Å². The fraction of sp³-hybridized carbons (Fsp3) is 0.455. The number of rotatable bonds is 5. The van der Waals surface area contributed by atoms with Crippen LogP contribution in [0.15, 0.2) is 18.2 Å². The molecular formula is C11H15ClFNO2S. The van der Waals surface area contributed by atoms with Crippen LogP contribution in [0.5, 0.6) is 0 Å². The highest BCUT2D eigenvalue weighted by molar-refractivity contribution is 7.92. The minimum Gasteiger partial charge on any atom is -0.382 e. The molecule has 0 amide bonds. The molecule has 3 nitrogen and oxygen atoms in total. The molecule has 0 bridgehead atoms. The second-order valence-corrected chi connectivity index (χ2v) is 7.08. The van der Waals surface area contributed by atoms with Crippen molar-refractivity contribution in [3.8, 4) is 0 Å². The zero-order chi connectivity index (χ0) is 13.1. The Kier molecular flexibility index (Phi) is 4.77. The van der Waals surface area contributed by atoms with Crippen molar-refractivity contribution >= 4 is 27.1 Å². The third-order valence-electron chi connectivity index (χ3n) is 2.35. The fourth-order valence-corrected chi connectivity index (χ4v) is 2.23. The van der Waals surface area contributed by atoms with E-state index in [4.69, 9.17) is 11.6 Å². The highest BCUT2D eigenvalue weighted by Gasteiger charge is 2.15. The predicted molar refractivity (Wildman–Crippen MR) is 68.8 cm³/mol. The first-order valence-electron chi connectivity index (χ1n) is 5.23. The van der Waals surface area contributed by atoms with Gasteiger partial charge >= 0.3 is 0 Å². The molecule has 0 radical (unpaired) electrons. The van der Waals surface area contributed by atoms with Crippen molar-refractivity contribution in [2.75, 3.05) is 17.6 Å². The van der Waals surface area contributed by atoms with Gasteiger partial charge in [0.2, 0.25) is 0 Å². The average molecular weight is 280 g/mol. The van der Waals surface area contributed by atoms with E-state index in [-0.39, 0.29) is 18.0 Å². The quantitative estimate of drug-likeness (QED) is 0.901. The van der Waals surface area contributed by atoms with Gasteiger partial charge in [0, 0.05) is 11.6 Å². The van der Waals surface area contributed by atoms with Crippen LogP contribution in [0.4, 0.5) is 10.1 Å². The molecular weight excluding hydrogens is 265 g/mol. The molecule has 0 aliphatic carbocycles. The number of hydrogen-bond donors (Lipinski definition) is 1. The number of nitrogens with one attached hydrogen (secondary N) is 1. The molecule has 0 saturated carbocycles. The molecule has 0 spiro atoms. The standard InChI is InChI=1S/C11H15ClFNO2S/c1-8(2)17(15,16)6-5-14-11-7-9(12)3-4-10(11)13/h3-4,7-8,14H,5-6H2,1-2H3. The Labute approximate surface area is 106 Å². The lowest BCUT2D eigenvalue weighted by molar-refractivity contribution is 0.587. The first-order valence-corrected chi connectivity index (χ1v) is 7.33. The van der Waals surface area contributed by atoms with Crippen molar-refractivity contribution in [1.82, 2.24) is 0 Å². The lowest BCUT2D eigenvalue weighted by Crippen LogP contribution is -2.23. The lowest BCUT2D eigenvalue weighted by Gasteiger charge is -2.10. The Morgan fingerprint density at radius 3 is 2.65 bits per heavy atom. The van der Waals surface area contributed by atoms with Crippen molar-refractivity contribution in [2.45, 2.75) is 19.1 Å². The molecule has 1 aromatic rings. The fourth-order valence-electron chi connectivity index (χ4n) is 1.20. The molecule has 6 heteroatoms. The van der Waals surface area contributed by atoms with E-state index in [9.17, 15) is 12.8 Å². The molecule has 1 aromatic carbocycles. The van der Waals surface area contributed by atoms with Crippen LogP contribution in [0.3, 0.4) is 0 Å². The van der Waals surface area contributed by atoms with Crippen LogP contribution in [0.1, 0.15) is 13.8 Å². The summed E-state index contributed by atoms with van der Waals surface area (Å²) >= 11 is 5.71. The maximum atomic E-state index is 13.3. The van der Waals surface area contributed by atoms with Gasteiger partial charge in [-0.15, -0.1) is 0 Å². The predicted octanol–water partition coefficient (Wildman–Crippen LogP) is 2.71. The van der Waals surface area contributed by atoms with Crippen molar-refractivity contribution in [3.63, 3.8) is 0 Å². The maximum absolute atomic E-state index is 13.3. The van der Waals surface area contributed by atoms with Crippen LogP contribution in [-0.4, -0.2) is 26.0 Å². The molecule has 0 saturated heterocycles. The Hall–Kier alpha value is -0.810. The van der Waals surface area contributed by atoms with Crippen molar-refractivity contribution in [3.05, 3.63) is 29.0 Å². The van der Waals surface area contributed by atoms with E-state index in [2.05, 4.69) is 5.32 Å². The van der Waals surface area contributed by atoms with E-state index in [1.54, 1.807) is 13.8 Å². The van der Waals surface area contributed by atoms with Crippen molar-refractivity contribution in [1.29, 1.82) is 0 Å². The van der Waals surface area contributed by atoms with Gasteiger partial charge in [-0.3, -0.25) is 0 Å². The second kappa shape index (κ2) is 5.69. The number of hydrogen-bond acceptors (Lipinski definition) is 3. The minimum atomic E-state index is -3.11. The first-order chi connectivity index (χ1) is 7.83. The number of benzene rings is 1. The SMILES string of the molecule is CC(C)S(=O)(=O)CCNc1cc(Cl)ccc1F. The summed E-state index contributed by atoms with van der Waals surface area (Å²) in [5.41, 5.74) is 0.219. The van der Waals surface area contributed by atoms with E-state index in [1.807, 2.05) is 0 Å². The number of anilines is 1. The van der Waals surface area contributed by atoms with Gasteiger partial charge in [-0.25, -0.2) is 12.8 Å². The van der Waals surface area contributed by atoms with E-state index in [0.29, 0.717) is 5.02 Å². The van der Waals surface area contributed by atoms with Crippen LogP contribution < -0.4 is 5.32 Å². The summed E-state index contributed by atoms with van der Waals surface area (Å²) in [5.74, 6) is -0.479. The largest absolute Gasteiger partial charge is 0.382 e. The summed E-state index contributed by atoms with van der Waals surface area (Å²) in [6.07, 6.45) is 0. The Bertz CT molecular complexity index is 488. The summed E-state index contributed by atoms with van der Waals surface area (Å²) in [5, 5.41) is 2.71. The summed E-state index contributed by atoms with van der Waals surface area (Å²) in [6, 6.07) is 4.10. The normalized spacial score (nSPS) is 11.8. The number of sulfone groups is 1. The second-order valence-electron chi connectivity index (χ2n) is 3.97. The van der Waals surface area contributed by atoms with Gasteiger partial charge in [0.15, 0.2) is 9.84 Å². The molecule has 1 rings (SSSR count). The molecule has 96 valence electrons. The highest BCUT2D eigenvalue weighted by Crippen LogP contribution is 2.19. The Balaban J connectivity index is 2.60. The Morgan fingerprint density at radius 1 is 1.41 bits per heavy atom. The third kappa shape index (κ3) is 4.16. The summed E-state index contributed by atoms with van der Waals surface area (Å²) in [7, 11) is -3.11. The molecule has 0 heterocycles. The molecule has 0 atom stereocenters. The van der Waals surface area contributed by atoms with Crippen LogP contribution in [0.25, 0.3) is 0 Å². The zero-order valence-electron chi connectivity index (χ0n) is 9.70. The van der Waals surface area contributed by atoms with Gasteiger partial charge in [-0.2, -0.15) is 0 Å². The monoisotopic (exact) mass is 279 g/mol. The van der Waals surface area contributed by atoms with Crippen molar-refractivity contribution in [2.24, 2.45) is 0 Å². The van der Waals surface area contributed by atoms with Crippen LogP contribution in [0.2, 0.25) is 5.02 Å². The van der Waals surface area contributed by atoms with Gasteiger partial charge in [0.05, 0.1) is 16.7 Å². The van der Waals surface area contributed by atoms with E-state index >= 15 is 0 Å². The number of halogens is 2. The zero-order valence-corrected chi connectivity index (χ0v) is 11.3. The molecule has 0 aliphatic rings. The molecule has 0 fully saturated rings. The highest BCUT2D eigenvalue weighted by atomic mass is 35.5. The molecule has 0 aromatic heterocycles. The molecule has 1 N–H and O–H groups in total. The third-order valence-corrected chi connectivity index (χ3v) is 4.79. The summed E-state index contributed by atoms with van der Waals surface area (Å²) in [4.78, 5) is 0. The van der Waals surface area contributed by atoms with Gasteiger partial charge in [0.1, 0.15) is 5.82 Å². The van der Waals surface area contributed by atoms with Gasteiger partial charge in [0.25, 0.3) is 0 Å². The van der Waals surface area contributed by atoms with E-state index in [1.165, 1.54) is 18.2 Å². The van der Waals surface area contributed by atoms with Gasteiger partial charge < -0.3 is 5.32 Å². The summed E-state index contributed by atoms with van der Waals surface area (Å²) < 4.78 is 36.3. The molecule has 17 heavy (non-hydrogen) atoms. The maximum Gasteiger partial charge on any atom is 0.154 e. The summed E-state index contributed by atoms with van der Waals surface area (Å²) in [6.45, 7) is 3.41. The molecule has 0 unspecified atom stereocenters. The topological polar surface area (TPSA) is 46.2 Å². The Morgan fingerprint density at radius 2 is 2.06 bits per heavy atom. The first kappa shape index (κ1) is 14.3. The van der Waals surface area contributed by atoms with Crippen LogP contribution in [-0.2, 0) is 9.84 Å². The average Bonchev–Trinajstić information content (AvgIpc) is 2.22. The minimum absolute atomic E-state index is 0.0311. The van der Waals surface area contributed by atoms with Crippen LogP contribution >= 0.6 is 11.6 Å². The van der Waals surface area contributed by atoms with Gasteiger partial charge in [-0.05, 0) is 32.0 Å². The van der Waals surface area contributed by atoms with Crippen molar-refractivity contribution < 1.29 is 12.8 Å².